The molecule has 0 amide bonds. The SMILES string of the molecule is CC1COCC(C)(C)C1CCN. The summed E-state index contributed by atoms with van der Waals surface area (Å²) in [6.07, 6.45) is 1.14. The maximum absolute atomic E-state index is 5.60. The highest BCUT2D eigenvalue weighted by molar-refractivity contribution is 4.85. The van der Waals surface area contributed by atoms with Crippen molar-refractivity contribution in [1.29, 1.82) is 0 Å². The Morgan fingerprint density at radius 3 is 2.67 bits per heavy atom. The van der Waals surface area contributed by atoms with Crippen LogP contribution in [0.1, 0.15) is 27.2 Å². The van der Waals surface area contributed by atoms with Crippen LogP contribution in [0.4, 0.5) is 0 Å². The Kier molecular flexibility index (Phi) is 3.13. The van der Waals surface area contributed by atoms with Crippen molar-refractivity contribution in [3.8, 4) is 0 Å². The second-order valence-electron chi connectivity index (χ2n) is 4.66. The summed E-state index contributed by atoms with van der Waals surface area (Å²) in [6, 6.07) is 0. The van der Waals surface area contributed by atoms with Gasteiger partial charge in [0.2, 0.25) is 0 Å². The van der Waals surface area contributed by atoms with Crippen LogP contribution >= 0.6 is 0 Å². The number of hydrogen-bond donors (Lipinski definition) is 1. The second kappa shape index (κ2) is 3.75. The van der Waals surface area contributed by atoms with Crippen molar-refractivity contribution in [1.82, 2.24) is 0 Å². The lowest BCUT2D eigenvalue weighted by atomic mass is 9.70. The first-order chi connectivity index (χ1) is 5.58. The van der Waals surface area contributed by atoms with Gasteiger partial charge in [0.05, 0.1) is 6.61 Å². The molecule has 0 radical (unpaired) electrons. The van der Waals surface area contributed by atoms with E-state index in [1.165, 1.54) is 0 Å². The molecule has 2 nitrogen and oxygen atoms in total. The van der Waals surface area contributed by atoms with E-state index in [1.807, 2.05) is 0 Å². The monoisotopic (exact) mass is 171 g/mol. The molecule has 0 bridgehead atoms. The zero-order valence-electron chi connectivity index (χ0n) is 8.47. The van der Waals surface area contributed by atoms with Crippen molar-refractivity contribution < 1.29 is 4.74 Å². The molecule has 1 aliphatic heterocycles. The van der Waals surface area contributed by atoms with Crippen molar-refractivity contribution in [3.05, 3.63) is 0 Å². The molecule has 1 heterocycles. The van der Waals surface area contributed by atoms with Gasteiger partial charge < -0.3 is 10.5 Å². The van der Waals surface area contributed by atoms with Crippen LogP contribution < -0.4 is 5.73 Å². The largest absolute Gasteiger partial charge is 0.381 e. The minimum Gasteiger partial charge on any atom is -0.381 e. The van der Waals surface area contributed by atoms with Crippen molar-refractivity contribution in [3.63, 3.8) is 0 Å². The van der Waals surface area contributed by atoms with Crippen LogP contribution in [0.25, 0.3) is 0 Å². The van der Waals surface area contributed by atoms with Gasteiger partial charge in [-0.1, -0.05) is 20.8 Å². The zero-order chi connectivity index (χ0) is 9.19. The average molecular weight is 171 g/mol. The number of rotatable bonds is 2. The van der Waals surface area contributed by atoms with Crippen molar-refractivity contribution in [2.24, 2.45) is 23.0 Å². The summed E-state index contributed by atoms with van der Waals surface area (Å²) in [5.41, 5.74) is 5.92. The summed E-state index contributed by atoms with van der Waals surface area (Å²) in [5, 5.41) is 0. The van der Waals surface area contributed by atoms with Gasteiger partial charge >= 0.3 is 0 Å². The summed E-state index contributed by atoms with van der Waals surface area (Å²) in [6.45, 7) is 9.43. The normalized spacial score (nSPS) is 35.0. The van der Waals surface area contributed by atoms with E-state index in [4.69, 9.17) is 10.5 Å². The quantitative estimate of drug-likeness (QED) is 0.685. The van der Waals surface area contributed by atoms with Gasteiger partial charge in [-0.05, 0) is 30.2 Å². The van der Waals surface area contributed by atoms with E-state index in [2.05, 4.69) is 20.8 Å². The van der Waals surface area contributed by atoms with E-state index >= 15 is 0 Å². The molecule has 12 heavy (non-hydrogen) atoms. The maximum Gasteiger partial charge on any atom is 0.0520 e. The molecule has 0 saturated carbocycles. The Bertz CT molecular complexity index is 145. The van der Waals surface area contributed by atoms with E-state index in [1.54, 1.807) is 0 Å². The fourth-order valence-electron chi connectivity index (χ4n) is 2.36. The third kappa shape index (κ3) is 1.99. The summed E-state index contributed by atoms with van der Waals surface area (Å²) in [7, 11) is 0. The third-order valence-corrected chi connectivity index (χ3v) is 3.02. The number of ether oxygens (including phenoxy) is 1. The van der Waals surface area contributed by atoms with E-state index in [0.717, 1.165) is 32.1 Å². The molecule has 0 aromatic rings. The van der Waals surface area contributed by atoms with Crippen LogP contribution in [-0.4, -0.2) is 19.8 Å². The van der Waals surface area contributed by atoms with Gasteiger partial charge in [0.25, 0.3) is 0 Å². The van der Waals surface area contributed by atoms with Gasteiger partial charge in [-0.15, -0.1) is 0 Å². The summed E-state index contributed by atoms with van der Waals surface area (Å²) >= 11 is 0. The molecule has 1 fully saturated rings. The molecule has 2 N–H and O–H groups in total. The first-order valence-corrected chi connectivity index (χ1v) is 4.86. The van der Waals surface area contributed by atoms with Gasteiger partial charge in [0.1, 0.15) is 0 Å². The first kappa shape index (κ1) is 10.0. The molecule has 1 aliphatic rings. The highest BCUT2D eigenvalue weighted by atomic mass is 16.5. The van der Waals surface area contributed by atoms with Crippen molar-refractivity contribution in [2.75, 3.05) is 19.8 Å². The molecule has 72 valence electrons. The molecule has 1 saturated heterocycles. The second-order valence-corrected chi connectivity index (χ2v) is 4.66. The fourth-order valence-corrected chi connectivity index (χ4v) is 2.36. The average Bonchev–Trinajstić information content (AvgIpc) is 1.97. The van der Waals surface area contributed by atoms with Crippen LogP contribution in [-0.2, 0) is 4.74 Å². The number of nitrogens with two attached hydrogens (primary N) is 1. The Morgan fingerprint density at radius 1 is 1.50 bits per heavy atom. The molecule has 2 unspecified atom stereocenters. The molecule has 1 rings (SSSR count). The van der Waals surface area contributed by atoms with E-state index in [-0.39, 0.29) is 0 Å². The van der Waals surface area contributed by atoms with Crippen LogP contribution in [0, 0.1) is 17.3 Å². The Hall–Kier alpha value is -0.0800. The molecule has 0 aromatic carbocycles. The molecule has 0 aromatic heterocycles. The Balaban J connectivity index is 2.60. The van der Waals surface area contributed by atoms with Crippen LogP contribution in [0.2, 0.25) is 0 Å². The lowest BCUT2D eigenvalue weighted by Crippen LogP contribution is -2.41. The summed E-state index contributed by atoms with van der Waals surface area (Å²) < 4.78 is 5.53. The predicted molar refractivity (Wildman–Crippen MR) is 50.9 cm³/mol. The molecule has 0 aliphatic carbocycles. The van der Waals surface area contributed by atoms with Crippen LogP contribution in [0.3, 0.4) is 0 Å². The molecule has 2 heteroatoms. The zero-order valence-corrected chi connectivity index (χ0v) is 8.47. The van der Waals surface area contributed by atoms with Gasteiger partial charge in [-0.25, -0.2) is 0 Å². The van der Waals surface area contributed by atoms with Crippen molar-refractivity contribution >= 4 is 0 Å². The molecular weight excluding hydrogens is 150 g/mol. The van der Waals surface area contributed by atoms with Gasteiger partial charge in [0, 0.05) is 6.61 Å². The van der Waals surface area contributed by atoms with Crippen LogP contribution in [0.5, 0.6) is 0 Å². The minimum atomic E-state index is 0.317. The highest BCUT2D eigenvalue weighted by Gasteiger charge is 2.36. The highest BCUT2D eigenvalue weighted by Crippen LogP contribution is 2.38. The Labute approximate surface area is 75.5 Å². The lowest BCUT2D eigenvalue weighted by molar-refractivity contribution is -0.0692. The van der Waals surface area contributed by atoms with E-state index in [0.29, 0.717) is 11.3 Å². The molecule has 0 spiro atoms. The minimum absolute atomic E-state index is 0.317. The maximum atomic E-state index is 5.60. The molecule has 2 atom stereocenters. The van der Waals surface area contributed by atoms with Gasteiger partial charge in [-0.3, -0.25) is 0 Å². The fraction of sp³-hybridized carbons (Fsp3) is 1.00. The third-order valence-electron chi connectivity index (χ3n) is 3.02. The van der Waals surface area contributed by atoms with Gasteiger partial charge in [0.15, 0.2) is 0 Å². The Morgan fingerprint density at radius 2 is 2.17 bits per heavy atom. The lowest BCUT2D eigenvalue weighted by Gasteiger charge is -2.42. The number of hydrogen-bond acceptors (Lipinski definition) is 2. The van der Waals surface area contributed by atoms with Crippen LogP contribution in [0.15, 0.2) is 0 Å². The standard InChI is InChI=1S/C10H21NO/c1-8-6-12-7-10(2,3)9(8)4-5-11/h8-9H,4-7,11H2,1-3H3. The smallest absolute Gasteiger partial charge is 0.0520 e. The van der Waals surface area contributed by atoms with E-state index < -0.39 is 0 Å². The first-order valence-electron chi connectivity index (χ1n) is 4.86. The topological polar surface area (TPSA) is 35.2 Å². The predicted octanol–water partition coefficient (Wildman–Crippen LogP) is 1.64. The van der Waals surface area contributed by atoms with Gasteiger partial charge in [-0.2, -0.15) is 0 Å². The van der Waals surface area contributed by atoms with E-state index in [9.17, 15) is 0 Å². The summed E-state index contributed by atoms with van der Waals surface area (Å²) in [5.74, 6) is 1.40. The molecular formula is C10H21NO. The van der Waals surface area contributed by atoms with Crippen molar-refractivity contribution in [2.45, 2.75) is 27.2 Å². The summed E-state index contributed by atoms with van der Waals surface area (Å²) in [4.78, 5) is 0.